The number of alkyl carbamates (subject to hydrolysis) is 1. The van der Waals surface area contributed by atoms with Crippen molar-refractivity contribution in [3.8, 4) is 22.5 Å². The van der Waals surface area contributed by atoms with Gasteiger partial charge in [0.2, 0.25) is 0 Å². The van der Waals surface area contributed by atoms with Crippen molar-refractivity contribution < 1.29 is 9.53 Å². The number of fused-ring (bicyclic) bond motifs is 1. The Bertz CT molecular complexity index is 1380. The lowest BCUT2D eigenvalue weighted by atomic mass is 9.71. The zero-order valence-corrected chi connectivity index (χ0v) is 21.1. The molecule has 0 spiro atoms. The fourth-order valence-electron chi connectivity index (χ4n) is 4.88. The summed E-state index contributed by atoms with van der Waals surface area (Å²) in [6, 6.07) is 18.8. The molecule has 0 saturated heterocycles. The molecule has 1 fully saturated rings. The Morgan fingerprint density at radius 2 is 1.66 bits per heavy atom. The molecule has 4 aromatic rings. The van der Waals surface area contributed by atoms with Gasteiger partial charge in [-0.2, -0.15) is 0 Å². The summed E-state index contributed by atoms with van der Waals surface area (Å²) in [7, 11) is 0. The number of carbonyl (C=O) groups is 1. The molecule has 6 heteroatoms. The van der Waals surface area contributed by atoms with Gasteiger partial charge in [-0.3, -0.25) is 9.38 Å². The maximum Gasteiger partial charge on any atom is 0.408 e. The molecule has 0 aliphatic heterocycles. The van der Waals surface area contributed by atoms with Crippen molar-refractivity contribution in [2.24, 2.45) is 0 Å². The minimum absolute atomic E-state index is 0.369. The van der Waals surface area contributed by atoms with Crippen molar-refractivity contribution in [2.75, 3.05) is 0 Å². The molecule has 0 atom stereocenters. The van der Waals surface area contributed by atoms with Crippen LogP contribution in [0.3, 0.4) is 0 Å². The van der Waals surface area contributed by atoms with Gasteiger partial charge in [0.05, 0.1) is 28.3 Å². The van der Waals surface area contributed by atoms with Gasteiger partial charge in [0, 0.05) is 17.3 Å². The average molecular weight is 469 g/mol. The van der Waals surface area contributed by atoms with Crippen molar-refractivity contribution in [3.63, 3.8) is 0 Å². The highest BCUT2D eigenvalue weighted by Gasteiger charge is 2.41. The highest BCUT2D eigenvalue weighted by molar-refractivity contribution is 5.82. The van der Waals surface area contributed by atoms with Crippen LogP contribution in [0.1, 0.15) is 57.0 Å². The van der Waals surface area contributed by atoms with Gasteiger partial charge in [0.15, 0.2) is 5.65 Å². The van der Waals surface area contributed by atoms with Crippen molar-refractivity contribution in [1.82, 2.24) is 19.7 Å². The number of carbonyl (C=O) groups excluding carboxylic acids is 1. The molecule has 1 N–H and O–H groups in total. The first-order valence-corrected chi connectivity index (χ1v) is 12.2. The minimum atomic E-state index is -0.527. The van der Waals surface area contributed by atoms with Gasteiger partial charge in [-0.1, -0.05) is 54.6 Å². The number of ether oxygens (including phenoxy) is 1. The number of nitrogens with one attached hydrogen (secondary N) is 1. The van der Waals surface area contributed by atoms with E-state index in [0.29, 0.717) is 0 Å². The molecular weight excluding hydrogens is 436 g/mol. The lowest BCUT2D eigenvalue weighted by Crippen LogP contribution is -2.52. The zero-order valence-electron chi connectivity index (χ0n) is 21.1. The van der Waals surface area contributed by atoms with Gasteiger partial charge >= 0.3 is 6.09 Å². The standard InChI is InChI=1S/C29H32N4O2/c1-19-18-33-25(22-10-7-6-8-11-22)24(31-26(33)20(2)30-19)21-12-14-23(15-13-21)29(16-9-17-29)32-27(34)35-28(3,4)5/h6-8,10-15,18H,9,16-17H2,1-5H3,(H,32,34). The van der Waals surface area contributed by atoms with Crippen LogP contribution in [-0.2, 0) is 10.3 Å². The fourth-order valence-corrected chi connectivity index (χ4v) is 4.88. The first-order chi connectivity index (χ1) is 16.7. The zero-order chi connectivity index (χ0) is 24.8. The summed E-state index contributed by atoms with van der Waals surface area (Å²) < 4.78 is 7.68. The molecule has 35 heavy (non-hydrogen) atoms. The van der Waals surface area contributed by atoms with Crippen molar-refractivity contribution >= 4 is 11.7 Å². The van der Waals surface area contributed by atoms with E-state index in [0.717, 1.165) is 64.4 Å². The van der Waals surface area contributed by atoms with Gasteiger partial charge in [-0.25, -0.2) is 9.78 Å². The van der Waals surface area contributed by atoms with Gasteiger partial charge in [-0.15, -0.1) is 0 Å². The number of nitrogens with zero attached hydrogens (tertiary/aromatic N) is 3. The molecule has 0 bridgehead atoms. The molecular formula is C29H32N4O2. The number of rotatable bonds is 4. The topological polar surface area (TPSA) is 68.5 Å². The van der Waals surface area contributed by atoms with Crippen LogP contribution < -0.4 is 5.32 Å². The predicted octanol–water partition coefficient (Wildman–Crippen LogP) is 6.58. The highest BCUT2D eigenvalue weighted by Crippen LogP contribution is 2.42. The van der Waals surface area contributed by atoms with Crippen molar-refractivity contribution in [2.45, 2.75) is 65.0 Å². The van der Waals surface area contributed by atoms with E-state index in [1.807, 2.05) is 59.0 Å². The van der Waals surface area contributed by atoms with Gasteiger partial charge in [-0.05, 0) is 59.4 Å². The van der Waals surface area contributed by atoms with Crippen LogP contribution in [-0.4, -0.2) is 26.1 Å². The lowest BCUT2D eigenvalue weighted by molar-refractivity contribution is 0.0377. The summed E-state index contributed by atoms with van der Waals surface area (Å²) in [6.45, 7) is 9.65. The van der Waals surface area contributed by atoms with E-state index in [1.54, 1.807) is 0 Å². The van der Waals surface area contributed by atoms with Crippen LogP contribution in [0, 0.1) is 13.8 Å². The van der Waals surface area contributed by atoms with Crippen molar-refractivity contribution in [1.29, 1.82) is 0 Å². The Balaban J connectivity index is 1.54. The third kappa shape index (κ3) is 4.41. The predicted molar refractivity (Wildman–Crippen MR) is 138 cm³/mol. The number of hydrogen-bond donors (Lipinski definition) is 1. The molecule has 2 heterocycles. The molecule has 1 saturated carbocycles. The number of aromatic nitrogens is 3. The largest absolute Gasteiger partial charge is 0.444 e. The highest BCUT2D eigenvalue weighted by atomic mass is 16.6. The number of benzene rings is 2. The Morgan fingerprint density at radius 1 is 0.971 bits per heavy atom. The molecule has 2 aromatic heterocycles. The maximum absolute atomic E-state index is 12.5. The van der Waals surface area contributed by atoms with Crippen LogP contribution in [0.2, 0.25) is 0 Å². The van der Waals surface area contributed by atoms with E-state index in [-0.39, 0.29) is 11.6 Å². The summed E-state index contributed by atoms with van der Waals surface area (Å²) in [5, 5.41) is 3.15. The second kappa shape index (κ2) is 8.52. The van der Waals surface area contributed by atoms with Crippen LogP contribution >= 0.6 is 0 Å². The lowest BCUT2D eigenvalue weighted by Gasteiger charge is -2.43. The molecule has 6 nitrogen and oxygen atoms in total. The number of amides is 1. The molecule has 1 aliphatic carbocycles. The molecule has 0 unspecified atom stereocenters. The van der Waals surface area contributed by atoms with Gasteiger partial charge in [0.25, 0.3) is 0 Å². The SMILES string of the molecule is Cc1cn2c(-c3ccccc3)c(-c3ccc(C4(NC(=O)OC(C)(C)C)CCC4)cc3)nc2c(C)n1. The average Bonchev–Trinajstić information content (AvgIpc) is 3.15. The van der Waals surface area contributed by atoms with Crippen LogP contribution in [0.25, 0.3) is 28.2 Å². The minimum Gasteiger partial charge on any atom is -0.444 e. The van der Waals surface area contributed by atoms with E-state index in [1.165, 1.54) is 0 Å². The Kier molecular flexibility index (Phi) is 5.62. The van der Waals surface area contributed by atoms with Crippen LogP contribution in [0.5, 0.6) is 0 Å². The van der Waals surface area contributed by atoms with Crippen molar-refractivity contribution in [3.05, 3.63) is 77.7 Å². The normalized spacial score (nSPS) is 15.0. The molecule has 2 aromatic carbocycles. The van der Waals surface area contributed by atoms with Gasteiger partial charge < -0.3 is 10.1 Å². The number of imidazole rings is 1. The molecule has 5 rings (SSSR count). The quantitative estimate of drug-likeness (QED) is 0.367. The summed E-state index contributed by atoms with van der Waals surface area (Å²) >= 11 is 0. The summed E-state index contributed by atoms with van der Waals surface area (Å²) in [5.41, 5.74) is 7.00. The first kappa shape index (κ1) is 23.1. The first-order valence-electron chi connectivity index (χ1n) is 12.2. The summed E-state index contributed by atoms with van der Waals surface area (Å²) in [6.07, 6.45) is 4.56. The van der Waals surface area contributed by atoms with E-state index < -0.39 is 5.60 Å². The van der Waals surface area contributed by atoms with Gasteiger partial charge in [0.1, 0.15) is 5.60 Å². The number of aryl methyl sites for hydroxylation is 2. The Morgan fingerprint density at radius 3 is 2.26 bits per heavy atom. The summed E-state index contributed by atoms with van der Waals surface area (Å²) in [5.74, 6) is 0. The third-order valence-electron chi connectivity index (χ3n) is 6.60. The van der Waals surface area contributed by atoms with E-state index in [2.05, 4.69) is 51.1 Å². The second-order valence-corrected chi connectivity index (χ2v) is 10.5. The Labute approximate surface area is 206 Å². The second-order valence-electron chi connectivity index (χ2n) is 10.5. The fraction of sp³-hybridized carbons (Fsp3) is 0.345. The monoisotopic (exact) mass is 468 g/mol. The van der Waals surface area contributed by atoms with E-state index >= 15 is 0 Å². The van der Waals surface area contributed by atoms with E-state index in [9.17, 15) is 4.79 Å². The smallest absolute Gasteiger partial charge is 0.408 e. The van der Waals surface area contributed by atoms with Crippen LogP contribution in [0.15, 0.2) is 60.8 Å². The summed E-state index contributed by atoms with van der Waals surface area (Å²) in [4.78, 5) is 22.2. The molecule has 1 aliphatic rings. The van der Waals surface area contributed by atoms with E-state index in [4.69, 9.17) is 9.72 Å². The number of hydrogen-bond acceptors (Lipinski definition) is 4. The third-order valence-corrected chi connectivity index (χ3v) is 6.60. The molecule has 1 amide bonds. The van der Waals surface area contributed by atoms with Crippen LogP contribution in [0.4, 0.5) is 4.79 Å². The molecule has 180 valence electrons. The molecule has 0 radical (unpaired) electrons. The Hall–Kier alpha value is -3.67. The maximum atomic E-state index is 12.5.